The predicted octanol–water partition coefficient (Wildman–Crippen LogP) is 2.47. The van der Waals surface area contributed by atoms with Gasteiger partial charge >= 0.3 is 0 Å². The minimum absolute atomic E-state index is 0.551. The largest absolute Gasteiger partial charge is 0.477 e. The maximum atomic E-state index is 5.79. The van der Waals surface area contributed by atoms with Crippen LogP contribution >= 0.6 is 11.3 Å². The Morgan fingerprint density at radius 3 is 3.15 bits per heavy atom. The number of nitrogens with zero attached hydrogens (tertiary/aromatic N) is 3. The molecule has 104 valence electrons. The summed E-state index contributed by atoms with van der Waals surface area (Å²) in [6.45, 7) is 3.34. The second-order valence-electron chi connectivity index (χ2n) is 4.19. The van der Waals surface area contributed by atoms with Gasteiger partial charge in [-0.05, 0) is 18.4 Å². The summed E-state index contributed by atoms with van der Waals surface area (Å²) < 4.78 is 5.79. The van der Waals surface area contributed by atoms with E-state index in [1.807, 2.05) is 13.0 Å². The lowest BCUT2D eigenvalue weighted by Gasteiger charge is -2.07. The second-order valence-corrected chi connectivity index (χ2v) is 5.23. The zero-order chi connectivity index (χ0) is 13.8. The topological polar surface area (TPSA) is 75.7 Å². The van der Waals surface area contributed by atoms with Crippen LogP contribution < -0.4 is 10.1 Å². The number of nitrogens with one attached hydrogen (secondary N) is 2. The fourth-order valence-corrected chi connectivity index (χ4v) is 2.55. The Morgan fingerprint density at radius 2 is 2.35 bits per heavy atom. The zero-order valence-corrected chi connectivity index (χ0v) is 11.9. The van der Waals surface area contributed by atoms with Crippen molar-refractivity contribution in [1.29, 1.82) is 0 Å². The van der Waals surface area contributed by atoms with Gasteiger partial charge in [0.15, 0.2) is 5.65 Å². The molecule has 0 bridgehead atoms. The van der Waals surface area contributed by atoms with Gasteiger partial charge in [-0.1, -0.05) is 6.07 Å². The van der Waals surface area contributed by atoms with Gasteiger partial charge in [0.1, 0.15) is 5.39 Å². The lowest BCUT2D eigenvalue weighted by atomic mass is 10.3. The highest BCUT2D eigenvalue weighted by atomic mass is 32.1. The molecule has 2 N–H and O–H groups in total. The quantitative estimate of drug-likeness (QED) is 0.729. The first-order valence-electron chi connectivity index (χ1n) is 6.47. The fraction of sp³-hybridized carbons (Fsp3) is 0.308. The van der Waals surface area contributed by atoms with Gasteiger partial charge in [0.2, 0.25) is 11.8 Å². The molecule has 0 aliphatic heterocycles. The van der Waals surface area contributed by atoms with Crippen LogP contribution in [0.3, 0.4) is 0 Å². The van der Waals surface area contributed by atoms with Crippen molar-refractivity contribution < 1.29 is 4.74 Å². The molecule has 0 unspecified atom stereocenters. The molecule has 20 heavy (non-hydrogen) atoms. The van der Waals surface area contributed by atoms with Crippen molar-refractivity contribution in [2.24, 2.45) is 0 Å². The molecule has 3 rings (SSSR count). The molecule has 3 aromatic rings. The molecule has 0 spiro atoms. The van der Waals surface area contributed by atoms with E-state index in [9.17, 15) is 0 Å². The van der Waals surface area contributed by atoms with Crippen LogP contribution in [0.5, 0.6) is 5.88 Å². The molecule has 0 atom stereocenters. The van der Waals surface area contributed by atoms with Crippen molar-refractivity contribution in [3.8, 4) is 5.88 Å². The third-order valence-electron chi connectivity index (χ3n) is 2.78. The van der Waals surface area contributed by atoms with Crippen LogP contribution in [0.15, 0.2) is 23.7 Å². The van der Waals surface area contributed by atoms with Crippen LogP contribution in [0.1, 0.15) is 11.8 Å². The summed E-state index contributed by atoms with van der Waals surface area (Å²) in [4.78, 5) is 10.0. The van der Waals surface area contributed by atoms with Crippen LogP contribution in [0.2, 0.25) is 0 Å². The molecular weight excluding hydrogens is 274 g/mol. The monoisotopic (exact) mass is 289 g/mol. The van der Waals surface area contributed by atoms with Gasteiger partial charge in [0.05, 0.1) is 12.8 Å². The highest BCUT2D eigenvalue weighted by Crippen LogP contribution is 2.22. The minimum atomic E-state index is 0.551. The molecule has 3 heterocycles. The average Bonchev–Trinajstić information content (AvgIpc) is 3.09. The molecule has 0 aliphatic carbocycles. The minimum Gasteiger partial charge on any atom is -0.477 e. The van der Waals surface area contributed by atoms with Crippen molar-refractivity contribution in [3.05, 3.63) is 28.6 Å². The molecule has 0 saturated heterocycles. The number of thiophene rings is 1. The molecule has 0 amide bonds. The van der Waals surface area contributed by atoms with E-state index in [-0.39, 0.29) is 0 Å². The maximum absolute atomic E-state index is 5.79. The third-order valence-corrected chi connectivity index (χ3v) is 3.71. The number of H-pyrrole nitrogens is 1. The van der Waals surface area contributed by atoms with E-state index in [1.165, 1.54) is 4.88 Å². The average molecular weight is 289 g/mol. The molecule has 0 radical (unpaired) electrons. The summed E-state index contributed by atoms with van der Waals surface area (Å²) in [5.41, 5.74) is 0.682. The first-order valence-corrected chi connectivity index (χ1v) is 7.35. The summed E-state index contributed by atoms with van der Waals surface area (Å²) in [7, 11) is 0. The van der Waals surface area contributed by atoms with Crippen LogP contribution in [0, 0.1) is 0 Å². The lowest BCUT2D eigenvalue weighted by Crippen LogP contribution is -2.06. The SMILES string of the molecule is CCNc1nc(OCCc2cccs2)c2cn[nH]c2n1. The van der Waals surface area contributed by atoms with Crippen molar-refractivity contribution in [3.63, 3.8) is 0 Å². The summed E-state index contributed by atoms with van der Waals surface area (Å²) in [6, 6.07) is 4.15. The number of anilines is 1. The van der Waals surface area contributed by atoms with E-state index in [4.69, 9.17) is 4.74 Å². The summed E-state index contributed by atoms with van der Waals surface area (Å²) in [5.74, 6) is 1.12. The standard InChI is InChI=1S/C13H15N5OS/c1-2-14-13-16-11-10(8-15-18-11)12(17-13)19-6-5-9-4-3-7-20-9/h3-4,7-8H,2,5-6H2,1H3,(H2,14,15,16,17,18). The molecule has 0 aliphatic rings. The van der Waals surface area contributed by atoms with Gasteiger partial charge in [-0.25, -0.2) is 0 Å². The first kappa shape index (κ1) is 12.9. The highest BCUT2D eigenvalue weighted by molar-refractivity contribution is 7.09. The maximum Gasteiger partial charge on any atom is 0.229 e. The van der Waals surface area contributed by atoms with Crippen molar-refractivity contribution in [2.45, 2.75) is 13.3 Å². The number of hydrogen-bond acceptors (Lipinski definition) is 6. The predicted molar refractivity (Wildman–Crippen MR) is 79.4 cm³/mol. The van der Waals surface area contributed by atoms with Gasteiger partial charge in [-0.15, -0.1) is 11.3 Å². The Hall–Kier alpha value is -2.15. The Labute approximate surface area is 120 Å². The van der Waals surface area contributed by atoms with E-state index in [2.05, 4.69) is 36.9 Å². The molecular formula is C13H15N5OS. The summed E-state index contributed by atoms with van der Waals surface area (Å²) >= 11 is 1.73. The normalized spacial score (nSPS) is 10.8. The van der Waals surface area contributed by atoms with Gasteiger partial charge in [-0.3, -0.25) is 5.10 Å². The molecule has 6 nitrogen and oxygen atoms in total. The van der Waals surface area contributed by atoms with E-state index in [0.29, 0.717) is 24.1 Å². The second kappa shape index (κ2) is 5.87. The van der Waals surface area contributed by atoms with E-state index < -0.39 is 0 Å². The van der Waals surface area contributed by atoms with Crippen molar-refractivity contribution in [1.82, 2.24) is 20.2 Å². The molecule has 7 heteroatoms. The molecule has 3 aromatic heterocycles. The van der Waals surface area contributed by atoms with E-state index in [1.54, 1.807) is 17.5 Å². The van der Waals surface area contributed by atoms with Crippen LogP contribution in [-0.2, 0) is 6.42 Å². The molecule has 0 saturated carbocycles. The number of hydrogen-bond donors (Lipinski definition) is 2. The third kappa shape index (κ3) is 2.72. The summed E-state index contributed by atoms with van der Waals surface area (Å²) in [5, 5.41) is 12.8. The summed E-state index contributed by atoms with van der Waals surface area (Å²) in [6.07, 6.45) is 2.56. The zero-order valence-electron chi connectivity index (χ0n) is 11.1. The van der Waals surface area contributed by atoms with Crippen LogP contribution in [0.25, 0.3) is 11.0 Å². The van der Waals surface area contributed by atoms with Crippen LogP contribution in [-0.4, -0.2) is 33.3 Å². The number of ether oxygens (including phenoxy) is 1. The smallest absolute Gasteiger partial charge is 0.229 e. The van der Waals surface area contributed by atoms with Crippen molar-refractivity contribution >= 4 is 28.3 Å². The Bertz CT molecular complexity index is 679. The fourth-order valence-electron chi connectivity index (χ4n) is 1.86. The van der Waals surface area contributed by atoms with Crippen molar-refractivity contribution in [2.75, 3.05) is 18.5 Å². The van der Waals surface area contributed by atoms with Gasteiger partial charge < -0.3 is 10.1 Å². The Kier molecular flexibility index (Phi) is 3.78. The number of aromatic amines is 1. The Morgan fingerprint density at radius 1 is 1.40 bits per heavy atom. The van der Waals surface area contributed by atoms with E-state index in [0.717, 1.165) is 18.4 Å². The number of rotatable bonds is 6. The lowest BCUT2D eigenvalue weighted by molar-refractivity contribution is 0.314. The molecule has 0 aromatic carbocycles. The van der Waals surface area contributed by atoms with E-state index >= 15 is 0 Å². The van der Waals surface area contributed by atoms with Gasteiger partial charge in [0, 0.05) is 17.8 Å². The van der Waals surface area contributed by atoms with Crippen LogP contribution in [0.4, 0.5) is 5.95 Å². The Balaban J connectivity index is 1.76. The number of aromatic nitrogens is 4. The highest BCUT2D eigenvalue weighted by Gasteiger charge is 2.10. The number of fused-ring (bicyclic) bond motifs is 1. The first-order chi connectivity index (χ1) is 9.86. The van der Waals surface area contributed by atoms with Gasteiger partial charge in [-0.2, -0.15) is 15.1 Å². The van der Waals surface area contributed by atoms with Gasteiger partial charge in [0.25, 0.3) is 0 Å². The molecule has 0 fully saturated rings.